The van der Waals surface area contributed by atoms with Crippen LogP contribution in [0.3, 0.4) is 0 Å². The van der Waals surface area contributed by atoms with Crippen molar-refractivity contribution in [2.75, 3.05) is 20.4 Å². The monoisotopic (exact) mass is 259 g/mol. The Bertz CT molecular complexity index is 474. The molecule has 0 aromatic heterocycles. The number of non-ortho nitro benzene ring substituents is 1. The highest BCUT2D eigenvalue weighted by Crippen LogP contribution is 2.44. The van der Waals surface area contributed by atoms with Crippen LogP contribution in [0.25, 0.3) is 0 Å². The maximum Gasteiger partial charge on any atom is 0.273 e. The summed E-state index contributed by atoms with van der Waals surface area (Å²) in [5, 5.41) is 11.0. The average molecular weight is 259 g/mol. The molecule has 0 amide bonds. The summed E-state index contributed by atoms with van der Waals surface area (Å²) in [5.41, 5.74) is -0.109. The van der Waals surface area contributed by atoms with Crippen molar-refractivity contribution >= 4 is 18.4 Å². The van der Waals surface area contributed by atoms with Crippen molar-refractivity contribution in [3.05, 3.63) is 28.3 Å². The van der Waals surface area contributed by atoms with Gasteiger partial charge in [0.25, 0.3) is 5.69 Å². The van der Waals surface area contributed by atoms with Crippen LogP contribution in [0.5, 0.6) is 5.75 Å². The molecule has 1 aromatic rings. The number of rotatable bonds is 5. The standard InChI is InChI=1S/C10H14NO5P/c1-4-16-17(3,14)10-6-5-8(11(12)13)7-9(10)15-2/h5-7H,4H2,1-3H3. The van der Waals surface area contributed by atoms with E-state index in [-0.39, 0.29) is 11.4 Å². The number of benzene rings is 1. The first kappa shape index (κ1) is 13.7. The highest BCUT2D eigenvalue weighted by Gasteiger charge is 2.25. The van der Waals surface area contributed by atoms with E-state index in [1.54, 1.807) is 6.92 Å². The van der Waals surface area contributed by atoms with Gasteiger partial charge in [0.05, 0.1) is 30.0 Å². The minimum absolute atomic E-state index is 0.109. The fraction of sp³-hybridized carbons (Fsp3) is 0.400. The normalized spacial score (nSPS) is 14.1. The van der Waals surface area contributed by atoms with Gasteiger partial charge in [-0.3, -0.25) is 14.7 Å². The molecule has 6 nitrogen and oxygen atoms in total. The van der Waals surface area contributed by atoms with Crippen LogP contribution in [0.2, 0.25) is 0 Å². The molecule has 17 heavy (non-hydrogen) atoms. The van der Waals surface area contributed by atoms with Crippen LogP contribution in [0.4, 0.5) is 5.69 Å². The number of nitro groups is 1. The van der Waals surface area contributed by atoms with Crippen LogP contribution in [-0.4, -0.2) is 25.3 Å². The Labute approximate surface area is 99.1 Å². The van der Waals surface area contributed by atoms with Crippen LogP contribution >= 0.6 is 7.37 Å². The van der Waals surface area contributed by atoms with E-state index in [9.17, 15) is 14.7 Å². The second kappa shape index (κ2) is 5.29. The van der Waals surface area contributed by atoms with E-state index in [0.29, 0.717) is 11.9 Å². The van der Waals surface area contributed by atoms with E-state index < -0.39 is 12.3 Å². The molecule has 0 aliphatic rings. The molecule has 0 spiro atoms. The lowest BCUT2D eigenvalue weighted by molar-refractivity contribution is -0.384. The zero-order valence-electron chi connectivity index (χ0n) is 9.87. The molecule has 0 saturated carbocycles. The fourth-order valence-corrected chi connectivity index (χ4v) is 2.96. The van der Waals surface area contributed by atoms with Gasteiger partial charge in [-0.15, -0.1) is 0 Å². The van der Waals surface area contributed by atoms with Gasteiger partial charge in [-0.25, -0.2) is 0 Å². The third kappa shape index (κ3) is 3.05. The van der Waals surface area contributed by atoms with Gasteiger partial charge in [0.2, 0.25) is 7.37 Å². The lowest BCUT2D eigenvalue weighted by atomic mass is 10.3. The minimum Gasteiger partial charge on any atom is -0.496 e. The largest absolute Gasteiger partial charge is 0.496 e. The lowest BCUT2D eigenvalue weighted by Gasteiger charge is -2.15. The molecule has 0 heterocycles. The van der Waals surface area contributed by atoms with E-state index >= 15 is 0 Å². The van der Waals surface area contributed by atoms with E-state index in [4.69, 9.17) is 9.26 Å². The van der Waals surface area contributed by atoms with Gasteiger partial charge >= 0.3 is 0 Å². The van der Waals surface area contributed by atoms with Crippen molar-refractivity contribution in [1.82, 2.24) is 0 Å². The fourth-order valence-electron chi connectivity index (χ4n) is 1.43. The highest BCUT2D eigenvalue weighted by molar-refractivity contribution is 7.66. The Hall–Kier alpha value is -1.39. The zero-order chi connectivity index (χ0) is 13.1. The molecule has 1 unspecified atom stereocenters. The predicted octanol–water partition coefficient (Wildman–Crippen LogP) is 2.17. The van der Waals surface area contributed by atoms with Gasteiger partial charge in [-0.05, 0) is 13.0 Å². The topological polar surface area (TPSA) is 78.7 Å². The van der Waals surface area contributed by atoms with Crippen LogP contribution in [0.15, 0.2) is 18.2 Å². The number of ether oxygens (including phenoxy) is 1. The molecule has 0 radical (unpaired) electrons. The van der Waals surface area contributed by atoms with Gasteiger partial charge in [-0.2, -0.15) is 0 Å². The van der Waals surface area contributed by atoms with Crippen LogP contribution in [0, 0.1) is 10.1 Å². The molecule has 1 atom stereocenters. The van der Waals surface area contributed by atoms with Gasteiger partial charge in [0.1, 0.15) is 5.75 Å². The third-order valence-electron chi connectivity index (χ3n) is 2.19. The molecular weight excluding hydrogens is 245 g/mol. The van der Waals surface area contributed by atoms with Gasteiger partial charge in [0, 0.05) is 12.7 Å². The van der Waals surface area contributed by atoms with E-state index in [2.05, 4.69) is 0 Å². The van der Waals surface area contributed by atoms with Gasteiger partial charge in [-0.1, -0.05) is 0 Å². The van der Waals surface area contributed by atoms with Crippen molar-refractivity contribution in [1.29, 1.82) is 0 Å². The zero-order valence-corrected chi connectivity index (χ0v) is 10.8. The summed E-state index contributed by atoms with van der Waals surface area (Å²) in [5.74, 6) is 0.207. The summed E-state index contributed by atoms with van der Waals surface area (Å²) in [7, 11) is -1.63. The van der Waals surface area contributed by atoms with Crippen molar-refractivity contribution in [3.8, 4) is 5.75 Å². The van der Waals surface area contributed by atoms with Crippen LogP contribution in [0.1, 0.15) is 6.92 Å². The van der Waals surface area contributed by atoms with Crippen molar-refractivity contribution in [2.24, 2.45) is 0 Å². The van der Waals surface area contributed by atoms with Gasteiger partial charge in [0.15, 0.2) is 0 Å². The predicted molar refractivity (Wildman–Crippen MR) is 64.4 cm³/mol. The summed E-state index contributed by atoms with van der Waals surface area (Å²) in [4.78, 5) is 10.1. The summed E-state index contributed by atoms with van der Waals surface area (Å²) in [6.45, 7) is 3.49. The Morgan fingerprint density at radius 3 is 2.59 bits per heavy atom. The average Bonchev–Trinajstić information content (AvgIpc) is 2.28. The maximum absolute atomic E-state index is 12.2. The Morgan fingerprint density at radius 2 is 2.12 bits per heavy atom. The summed E-state index contributed by atoms with van der Waals surface area (Å²) in [6, 6.07) is 3.94. The molecule has 0 fully saturated rings. The van der Waals surface area contributed by atoms with Crippen molar-refractivity contribution < 1.29 is 18.7 Å². The first-order chi connectivity index (χ1) is 7.92. The molecule has 0 N–H and O–H groups in total. The van der Waals surface area contributed by atoms with Crippen LogP contribution in [-0.2, 0) is 9.09 Å². The number of nitrogens with zero attached hydrogens (tertiary/aromatic N) is 1. The SMILES string of the molecule is CCOP(C)(=O)c1ccc([N+](=O)[O-])cc1OC. The van der Waals surface area contributed by atoms with E-state index in [1.807, 2.05) is 0 Å². The Morgan fingerprint density at radius 1 is 1.47 bits per heavy atom. The third-order valence-corrected chi connectivity index (χ3v) is 4.18. The molecule has 0 bridgehead atoms. The summed E-state index contributed by atoms with van der Waals surface area (Å²) in [6.07, 6.45) is 0. The Kier molecular flexibility index (Phi) is 4.26. The second-order valence-electron chi connectivity index (χ2n) is 3.38. The second-order valence-corrected chi connectivity index (χ2v) is 5.81. The highest BCUT2D eigenvalue weighted by atomic mass is 31.2. The minimum atomic E-state index is -3.00. The van der Waals surface area contributed by atoms with Crippen molar-refractivity contribution in [2.45, 2.75) is 6.92 Å². The molecule has 94 valence electrons. The Balaban J connectivity index is 3.26. The van der Waals surface area contributed by atoms with Gasteiger partial charge < -0.3 is 9.26 Å². The molecule has 7 heteroatoms. The molecule has 0 aliphatic heterocycles. The first-order valence-corrected chi connectivity index (χ1v) is 7.04. The number of hydrogen-bond acceptors (Lipinski definition) is 5. The number of methoxy groups -OCH3 is 1. The lowest BCUT2D eigenvalue weighted by Crippen LogP contribution is -2.10. The summed E-state index contributed by atoms with van der Waals surface area (Å²) < 4.78 is 22.4. The molecule has 0 saturated heterocycles. The smallest absolute Gasteiger partial charge is 0.273 e. The number of hydrogen-bond donors (Lipinski definition) is 0. The van der Waals surface area contributed by atoms with Crippen LogP contribution < -0.4 is 10.0 Å². The maximum atomic E-state index is 12.2. The summed E-state index contributed by atoms with van der Waals surface area (Å²) >= 11 is 0. The molecule has 1 aromatic carbocycles. The van der Waals surface area contributed by atoms with E-state index in [0.717, 1.165) is 0 Å². The molecule has 1 rings (SSSR count). The van der Waals surface area contributed by atoms with E-state index in [1.165, 1.54) is 32.0 Å². The number of nitro benzene ring substituents is 1. The first-order valence-electron chi connectivity index (χ1n) is 4.97. The molecular formula is C10H14NO5P. The molecule has 0 aliphatic carbocycles. The quantitative estimate of drug-likeness (QED) is 0.460. The van der Waals surface area contributed by atoms with Crippen molar-refractivity contribution in [3.63, 3.8) is 0 Å².